The van der Waals surface area contributed by atoms with E-state index in [2.05, 4.69) is 0 Å². The molecule has 0 aromatic heterocycles. The van der Waals surface area contributed by atoms with Crippen LogP contribution in [0.25, 0.3) is 0 Å². The summed E-state index contributed by atoms with van der Waals surface area (Å²) in [5.41, 5.74) is 0. The molecule has 0 aliphatic carbocycles. The predicted molar refractivity (Wildman–Crippen MR) is 13.4 cm³/mol. The van der Waals surface area contributed by atoms with Crippen LogP contribution in [-0.4, -0.2) is 4.19 Å². The quantitative estimate of drug-likeness (QED) is 0.247. The molecule has 0 aromatic carbocycles. The topological polar surface area (TPSA) is 124 Å². The van der Waals surface area contributed by atoms with Crippen LogP contribution in [0.2, 0.25) is 0 Å². The molecule has 0 spiro atoms. The first-order valence-corrected chi connectivity index (χ1v) is 2.97. The summed E-state index contributed by atoms with van der Waals surface area (Å²) in [4.78, 5) is 8.00. The Labute approximate surface area is 93.9 Å². The fourth-order valence-electron chi connectivity index (χ4n) is 0. The van der Waals surface area contributed by atoms with Crippen LogP contribution in [0.5, 0.6) is 0 Å². The van der Waals surface area contributed by atoms with E-state index in [0.29, 0.717) is 0 Å². The third-order valence-electron chi connectivity index (χ3n) is 0. The molecule has 0 saturated carbocycles. The van der Waals surface area contributed by atoms with E-state index in [1.807, 2.05) is 0 Å². The van der Waals surface area contributed by atoms with Crippen molar-refractivity contribution in [2.45, 2.75) is 0 Å². The summed E-state index contributed by atoms with van der Waals surface area (Å²) in [5, 5.41) is 9.00. The number of hydrogen-bond donors (Lipinski definition) is 1. The summed E-state index contributed by atoms with van der Waals surface area (Å²) >= 11 is -5.38. The van der Waals surface area contributed by atoms with Crippen molar-refractivity contribution in [2.75, 3.05) is 0 Å². The van der Waals surface area contributed by atoms with E-state index in [1.165, 1.54) is 0 Å². The third kappa shape index (κ3) is 508. The molecule has 0 heterocycles. The molecule has 0 bridgehead atoms. The molecule has 0 aromatic rings. The molecule has 0 atom stereocenters. The SMILES string of the molecule is O=N[O-].[K+].[O]=[Mn](=[O])(=[O])[OH]. The second-order valence-corrected chi connectivity index (χ2v) is 1.71. The van der Waals surface area contributed by atoms with Gasteiger partial charge in [-0.05, 0) is 0 Å². The Morgan fingerprint density at radius 3 is 1.33 bits per heavy atom. The van der Waals surface area contributed by atoms with Crippen molar-refractivity contribution in [1.82, 2.24) is 0 Å². The molecule has 1 N–H and O–H groups in total. The summed E-state index contributed by atoms with van der Waals surface area (Å²) in [6, 6.07) is 0. The molecule has 0 aliphatic rings. The van der Waals surface area contributed by atoms with Crippen LogP contribution < -0.4 is 51.4 Å². The van der Waals surface area contributed by atoms with Gasteiger partial charge in [-0.15, -0.1) is 5.34 Å². The third-order valence-corrected chi connectivity index (χ3v) is 0. The number of nitrogens with zero attached hydrogens (tertiary/aromatic N) is 1. The molecule has 0 fully saturated rings. The van der Waals surface area contributed by atoms with Crippen LogP contribution in [0.3, 0.4) is 0 Å². The Morgan fingerprint density at radius 1 is 1.33 bits per heavy atom. The van der Waals surface area contributed by atoms with Crippen LogP contribution in [-0.2, 0) is 24.5 Å². The Balaban J connectivity index is -0.0000000800. The number of hydrogen-bond acceptors (Lipinski definition) is 6. The molecule has 9 heteroatoms. The summed E-state index contributed by atoms with van der Waals surface area (Å²) in [7, 11) is 0. The van der Waals surface area contributed by atoms with Crippen molar-refractivity contribution < 1.29 is 80.0 Å². The average Bonchev–Trinajstić information content (AvgIpc) is 1.27. The standard InChI is InChI=1S/K.Mn.HNO2.H2O.3O/c;;2-1-3;;;;/h;;(H,2,3);1H2;;;/q2*+1;;;;;/p-2. The Morgan fingerprint density at radius 2 is 1.33 bits per heavy atom. The van der Waals surface area contributed by atoms with E-state index in [0.717, 1.165) is 5.34 Å². The molecule has 0 aliphatic heterocycles. The van der Waals surface area contributed by atoms with Gasteiger partial charge in [-0.1, -0.05) is 0 Å². The van der Waals surface area contributed by atoms with E-state index < -0.39 is 13.0 Å². The zero-order valence-electron chi connectivity index (χ0n) is 4.31. The van der Waals surface area contributed by atoms with Crippen molar-refractivity contribution in [1.29, 1.82) is 0 Å². The molecule has 0 unspecified atom stereocenters. The maximum absolute atomic E-state index is 8.69. The van der Waals surface area contributed by atoms with Gasteiger partial charge in [0.1, 0.15) is 0 Å². The van der Waals surface area contributed by atoms with Crippen molar-refractivity contribution in [3.05, 3.63) is 10.1 Å². The fourth-order valence-corrected chi connectivity index (χ4v) is 0. The van der Waals surface area contributed by atoms with Gasteiger partial charge in [0.2, 0.25) is 0 Å². The van der Waals surface area contributed by atoms with Gasteiger partial charge in [0, 0.05) is 0 Å². The van der Waals surface area contributed by atoms with E-state index in [9.17, 15) is 0 Å². The van der Waals surface area contributed by atoms with Gasteiger partial charge in [0.05, 0.1) is 0 Å². The molecule has 0 amide bonds. The normalized spacial score (nSPS) is 7.67. The monoisotopic (exact) mass is 205 g/mol. The first-order valence-electron chi connectivity index (χ1n) is 0.997. The summed E-state index contributed by atoms with van der Waals surface area (Å²) in [5.74, 6) is 0. The van der Waals surface area contributed by atoms with E-state index in [4.69, 9.17) is 25.8 Å². The Hall–Kier alpha value is 0.916. The molecule has 0 rings (SSSR count). The van der Waals surface area contributed by atoms with Crippen LogP contribution in [0.15, 0.2) is 5.34 Å². The van der Waals surface area contributed by atoms with Crippen LogP contribution in [0.4, 0.5) is 0 Å². The zero-order chi connectivity index (χ0) is 7.21. The average molecular weight is 205 g/mol. The minimum atomic E-state index is -5.38. The van der Waals surface area contributed by atoms with Gasteiger partial charge in [-0.2, -0.15) is 0 Å². The second-order valence-electron chi connectivity index (χ2n) is 0.471. The van der Waals surface area contributed by atoms with Gasteiger partial charge >= 0.3 is 80.0 Å². The van der Waals surface area contributed by atoms with E-state index in [1.54, 1.807) is 0 Å². The van der Waals surface area contributed by atoms with Gasteiger partial charge < -0.3 is 10.1 Å². The first-order chi connectivity index (χ1) is 3.41. The minimum absolute atomic E-state index is 0. The molecule has 0 saturated heterocycles. The first kappa shape index (κ1) is 16.5. The van der Waals surface area contributed by atoms with E-state index in [-0.39, 0.29) is 51.4 Å². The zero-order valence-corrected chi connectivity index (χ0v) is 8.62. The summed E-state index contributed by atoms with van der Waals surface area (Å²) < 4.78 is 33.1. The maximum atomic E-state index is 8.69. The molecule has 9 heavy (non-hydrogen) atoms. The van der Waals surface area contributed by atoms with Gasteiger partial charge in [0.25, 0.3) is 0 Å². The van der Waals surface area contributed by atoms with E-state index >= 15 is 0 Å². The molecule has 50 valence electrons. The summed E-state index contributed by atoms with van der Waals surface area (Å²) in [6.45, 7) is 0. The van der Waals surface area contributed by atoms with Crippen molar-refractivity contribution in [3.8, 4) is 0 Å². The van der Waals surface area contributed by atoms with Gasteiger partial charge in [-0.3, -0.25) is 0 Å². The van der Waals surface area contributed by atoms with Gasteiger partial charge in [-0.25, -0.2) is 0 Å². The van der Waals surface area contributed by atoms with Crippen molar-refractivity contribution in [3.63, 3.8) is 0 Å². The van der Waals surface area contributed by atoms with Crippen LogP contribution in [0.1, 0.15) is 0 Å². The second kappa shape index (κ2) is 8.92. The van der Waals surface area contributed by atoms with Crippen molar-refractivity contribution in [2.24, 2.45) is 5.34 Å². The number of rotatable bonds is 0. The van der Waals surface area contributed by atoms with Crippen molar-refractivity contribution >= 4 is 0 Å². The van der Waals surface area contributed by atoms with Crippen LogP contribution in [0, 0.1) is 10.1 Å². The molecular weight excluding hydrogens is 204 g/mol. The molecule has 0 radical (unpaired) electrons. The van der Waals surface area contributed by atoms with Gasteiger partial charge in [0.15, 0.2) is 0 Å². The van der Waals surface area contributed by atoms with Crippen LogP contribution >= 0.6 is 0 Å². The Kier molecular flexibility index (Phi) is 16.3. The fraction of sp³-hybridized carbons (Fsp3) is 0. The predicted octanol–water partition coefficient (Wildman–Crippen LogP) is -3.66. The Bertz CT molecular complexity index is 168. The summed E-state index contributed by atoms with van der Waals surface area (Å²) in [6.07, 6.45) is 0. The molecule has 7 nitrogen and oxygen atoms in total. The molecular formula is HKMnNO6.